The molecule has 0 radical (unpaired) electrons. The zero-order valence-electron chi connectivity index (χ0n) is 4.74. The molecule has 0 unspecified atom stereocenters. The van der Waals surface area contributed by atoms with E-state index in [1.54, 1.807) is 12.1 Å². The molecule has 0 fully saturated rings. The molecule has 10 heavy (non-hydrogen) atoms. The van der Waals surface area contributed by atoms with E-state index in [4.69, 9.17) is 0 Å². The number of halogens is 3. The van der Waals surface area contributed by atoms with Crippen LogP contribution in [0.3, 0.4) is 0 Å². The lowest BCUT2D eigenvalue weighted by molar-refractivity contribution is 0.611. The topological polar surface area (TPSA) is 0 Å². The summed E-state index contributed by atoms with van der Waals surface area (Å²) in [6, 6.07) is 3.39. The zero-order valence-corrected chi connectivity index (χ0v) is 9.95. The number of hydrogen-bond donors (Lipinski definition) is 1. The molecule has 0 aliphatic heterocycles. The first-order valence-corrected chi connectivity index (χ1v) is 5.05. The Morgan fingerprint density at radius 2 is 1.60 bits per heavy atom. The van der Waals surface area contributed by atoms with Crippen LogP contribution in [0.5, 0.6) is 0 Å². The summed E-state index contributed by atoms with van der Waals surface area (Å²) < 4.78 is 14.1. The standard InChI is InChI=1S/C6H3FI2S/c7-6-4(8)1-3(10)2-5(6)9/h1-2,10H. The molecule has 4 heteroatoms. The van der Waals surface area contributed by atoms with Gasteiger partial charge in [0.1, 0.15) is 5.82 Å². The van der Waals surface area contributed by atoms with Gasteiger partial charge in [-0.25, -0.2) is 4.39 Å². The van der Waals surface area contributed by atoms with E-state index in [0.29, 0.717) is 7.14 Å². The Bertz CT molecular complexity index is 239. The van der Waals surface area contributed by atoms with Crippen molar-refractivity contribution < 1.29 is 4.39 Å². The minimum absolute atomic E-state index is 0.154. The molecule has 0 aromatic heterocycles. The second-order valence-electron chi connectivity index (χ2n) is 1.72. The molecule has 0 bridgehead atoms. The van der Waals surface area contributed by atoms with Crippen molar-refractivity contribution in [3.63, 3.8) is 0 Å². The summed E-state index contributed by atoms with van der Waals surface area (Å²) in [5, 5.41) is 0. The van der Waals surface area contributed by atoms with Crippen molar-refractivity contribution in [1.29, 1.82) is 0 Å². The van der Waals surface area contributed by atoms with Gasteiger partial charge < -0.3 is 0 Å². The molecule has 0 amide bonds. The summed E-state index contributed by atoms with van der Waals surface area (Å²) in [7, 11) is 0. The maximum Gasteiger partial charge on any atom is 0.149 e. The van der Waals surface area contributed by atoms with E-state index in [2.05, 4.69) is 12.6 Å². The molecule has 0 atom stereocenters. The Labute approximate surface area is 91.3 Å². The van der Waals surface area contributed by atoms with Crippen LogP contribution in [-0.2, 0) is 0 Å². The highest BCUT2D eigenvalue weighted by Gasteiger charge is 2.03. The first-order valence-electron chi connectivity index (χ1n) is 2.45. The minimum Gasteiger partial charge on any atom is -0.205 e. The number of hydrogen-bond acceptors (Lipinski definition) is 1. The molecule has 1 aromatic rings. The number of thiol groups is 1. The quantitative estimate of drug-likeness (QED) is 0.399. The summed E-state index contributed by atoms with van der Waals surface area (Å²) in [5.41, 5.74) is 0. The Morgan fingerprint density at radius 3 is 2.00 bits per heavy atom. The van der Waals surface area contributed by atoms with Gasteiger partial charge in [-0.2, -0.15) is 0 Å². The Hall–Kier alpha value is 0.960. The predicted molar refractivity (Wildman–Crippen MR) is 59.1 cm³/mol. The molecule has 54 valence electrons. The van der Waals surface area contributed by atoms with Gasteiger partial charge in [0.05, 0.1) is 7.14 Å². The van der Waals surface area contributed by atoms with Gasteiger partial charge in [-0.05, 0) is 57.3 Å². The third-order valence-corrected chi connectivity index (χ3v) is 2.80. The second-order valence-corrected chi connectivity index (χ2v) is 4.56. The lowest BCUT2D eigenvalue weighted by Crippen LogP contribution is -1.86. The van der Waals surface area contributed by atoms with E-state index in [1.165, 1.54) is 0 Å². The monoisotopic (exact) mass is 380 g/mol. The van der Waals surface area contributed by atoms with Crippen molar-refractivity contribution in [2.24, 2.45) is 0 Å². The first kappa shape index (κ1) is 9.05. The smallest absolute Gasteiger partial charge is 0.149 e. The molecule has 0 heterocycles. The van der Waals surface area contributed by atoms with E-state index in [0.717, 1.165) is 4.90 Å². The maximum atomic E-state index is 12.9. The van der Waals surface area contributed by atoms with Gasteiger partial charge in [0.15, 0.2) is 0 Å². The lowest BCUT2D eigenvalue weighted by Gasteiger charge is -1.97. The molecule has 1 aromatic carbocycles. The van der Waals surface area contributed by atoms with Crippen LogP contribution in [-0.4, -0.2) is 0 Å². The van der Waals surface area contributed by atoms with Crippen LogP contribution in [0.15, 0.2) is 17.0 Å². The zero-order chi connectivity index (χ0) is 7.72. The van der Waals surface area contributed by atoms with Gasteiger partial charge in [0.25, 0.3) is 0 Å². The van der Waals surface area contributed by atoms with Crippen LogP contribution in [0.4, 0.5) is 4.39 Å². The highest BCUT2D eigenvalue weighted by molar-refractivity contribution is 14.1. The van der Waals surface area contributed by atoms with E-state index < -0.39 is 0 Å². The summed E-state index contributed by atoms with van der Waals surface area (Å²) in [5.74, 6) is -0.154. The largest absolute Gasteiger partial charge is 0.205 e. The molecule has 0 spiro atoms. The summed E-state index contributed by atoms with van der Waals surface area (Å²) in [6.45, 7) is 0. The maximum absolute atomic E-state index is 12.9. The van der Waals surface area contributed by atoms with Crippen LogP contribution in [0, 0.1) is 13.0 Å². The van der Waals surface area contributed by atoms with Crippen molar-refractivity contribution >= 4 is 57.8 Å². The molecule has 1 rings (SSSR count). The van der Waals surface area contributed by atoms with Crippen LogP contribution < -0.4 is 0 Å². The fourth-order valence-corrected chi connectivity index (χ4v) is 3.06. The van der Waals surface area contributed by atoms with Gasteiger partial charge in [-0.15, -0.1) is 12.6 Å². The van der Waals surface area contributed by atoms with Gasteiger partial charge in [-0.3, -0.25) is 0 Å². The van der Waals surface area contributed by atoms with Crippen molar-refractivity contribution in [3.8, 4) is 0 Å². The van der Waals surface area contributed by atoms with E-state index >= 15 is 0 Å². The average Bonchev–Trinajstić information content (AvgIpc) is 1.82. The van der Waals surface area contributed by atoms with Gasteiger partial charge in [-0.1, -0.05) is 0 Å². The van der Waals surface area contributed by atoms with Gasteiger partial charge >= 0.3 is 0 Å². The molecule has 0 N–H and O–H groups in total. The highest BCUT2D eigenvalue weighted by atomic mass is 127. The van der Waals surface area contributed by atoms with Crippen LogP contribution in [0.1, 0.15) is 0 Å². The average molecular weight is 380 g/mol. The SMILES string of the molecule is Fc1c(I)cc(S)cc1I. The van der Waals surface area contributed by atoms with Crippen molar-refractivity contribution in [3.05, 3.63) is 25.1 Å². The predicted octanol–water partition coefficient (Wildman–Crippen LogP) is 3.32. The molecule has 0 nitrogen and oxygen atoms in total. The van der Waals surface area contributed by atoms with Gasteiger partial charge in [0, 0.05) is 4.90 Å². The van der Waals surface area contributed by atoms with E-state index in [-0.39, 0.29) is 5.82 Å². The second kappa shape index (κ2) is 3.57. The third kappa shape index (κ3) is 1.97. The normalized spacial score (nSPS) is 10.0. The minimum atomic E-state index is -0.154. The summed E-state index contributed by atoms with van der Waals surface area (Å²) in [4.78, 5) is 0.801. The molecular formula is C6H3FI2S. The lowest BCUT2D eigenvalue weighted by atomic mass is 10.3. The third-order valence-electron chi connectivity index (χ3n) is 0.969. The van der Waals surface area contributed by atoms with Crippen molar-refractivity contribution in [2.75, 3.05) is 0 Å². The van der Waals surface area contributed by atoms with Gasteiger partial charge in [0.2, 0.25) is 0 Å². The van der Waals surface area contributed by atoms with Crippen molar-refractivity contribution in [2.45, 2.75) is 4.90 Å². The summed E-state index contributed by atoms with van der Waals surface area (Å²) >= 11 is 7.99. The van der Waals surface area contributed by atoms with Crippen LogP contribution >= 0.6 is 57.8 Å². The molecular weight excluding hydrogens is 377 g/mol. The Morgan fingerprint density at radius 1 is 1.20 bits per heavy atom. The number of rotatable bonds is 0. The Balaban J connectivity index is 3.31. The molecule has 0 saturated carbocycles. The first-order chi connectivity index (χ1) is 4.61. The fraction of sp³-hybridized carbons (Fsp3) is 0. The molecule has 0 aliphatic rings. The van der Waals surface area contributed by atoms with Crippen LogP contribution in [0.2, 0.25) is 0 Å². The van der Waals surface area contributed by atoms with E-state index in [1.807, 2.05) is 45.2 Å². The number of benzene rings is 1. The van der Waals surface area contributed by atoms with E-state index in [9.17, 15) is 4.39 Å². The fourth-order valence-electron chi connectivity index (χ4n) is 0.542. The summed E-state index contributed by atoms with van der Waals surface area (Å²) in [6.07, 6.45) is 0. The molecule has 0 saturated heterocycles. The molecule has 0 aliphatic carbocycles. The van der Waals surface area contributed by atoms with Crippen molar-refractivity contribution in [1.82, 2.24) is 0 Å². The highest BCUT2D eigenvalue weighted by Crippen LogP contribution is 2.21. The Kier molecular flexibility index (Phi) is 3.23. The van der Waals surface area contributed by atoms with Crippen LogP contribution in [0.25, 0.3) is 0 Å².